The van der Waals surface area contributed by atoms with Crippen LogP contribution in [0.25, 0.3) is 0 Å². The Morgan fingerprint density at radius 3 is 2.19 bits per heavy atom. The molecule has 124 valence electrons. The molecule has 7 heteroatoms. The zero-order valence-electron chi connectivity index (χ0n) is 13.0. The Bertz CT molecular complexity index is 326. The van der Waals surface area contributed by atoms with Crippen molar-refractivity contribution in [2.24, 2.45) is 0 Å². The topological polar surface area (TPSA) is 86.6 Å². The Balaban J connectivity index is 1.99. The van der Waals surface area contributed by atoms with Gasteiger partial charge in [0.2, 0.25) is 0 Å². The first kappa shape index (κ1) is 17.1. The Morgan fingerprint density at radius 1 is 0.905 bits per heavy atom. The fourth-order valence-corrected chi connectivity index (χ4v) is 2.95. The van der Waals surface area contributed by atoms with Crippen LogP contribution in [0, 0.1) is 0 Å². The van der Waals surface area contributed by atoms with Gasteiger partial charge in [-0.3, -0.25) is 0 Å². The minimum Gasteiger partial charge on any atom is -0.388 e. The van der Waals surface area contributed by atoms with Crippen molar-refractivity contribution in [3.05, 3.63) is 0 Å². The van der Waals surface area contributed by atoms with E-state index in [2.05, 4.69) is 0 Å². The number of hydrogen-bond acceptors (Lipinski definition) is 7. The van der Waals surface area contributed by atoms with E-state index in [-0.39, 0.29) is 30.5 Å². The highest BCUT2D eigenvalue weighted by molar-refractivity contribution is 4.86. The SMILES string of the molecule is COC1CC(OC2C(C)OC(O)CC2OC)OC(C)C1O. The van der Waals surface area contributed by atoms with E-state index in [1.165, 1.54) is 0 Å². The standard InChI is InChI=1S/C14H26O7/c1-7-13(16)9(17-3)6-12(20-7)21-14-8(2)19-11(15)5-10(14)18-4/h7-16H,5-6H2,1-4H3. The maximum atomic E-state index is 9.96. The van der Waals surface area contributed by atoms with Crippen LogP contribution in [0.3, 0.4) is 0 Å². The maximum absolute atomic E-state index is 9.96. The van der Waals surface area contributed by atoms with E-state index in [0.717, 1.165) is 0 Å². The van der Waals surface area contributed by atoms with Crippen molar-refractivity contribution in [3.8, 4) is 0 Å². The Hall–Kier alpha value is -0.280. The number of aliphatic hydroxyl groups is 2. The number of hydrogen-bond donors (Lipinski definition) is 2. The molecule has 2 fully saturated rings. The summed E-state index contributed by atoms with van der Waals surface area (Å²) >= 11 is 0. The summed E-state index contributed by atoms with van der Waals surface area (Å²) in [6.07, 6.45) is -2.86. The number of aliphatic hydroxyl groups excluding tert-OH is 2. The number of ether oxygens (including phenoxy) is 5. The second kappa shape index (κ2) is 7.32. The molecule has 2 N–H and O–H groups in total. The Labute approximate surface area is 125 Å². The lowest BCUT2D eigenvalue weighted by Crippen LogP contribution is -2.54. The largest absolute Gasteiger partial charge is 0.388 e. The van der Waals surface area contributed by atoms with Crippen molar-refractivity contribution in [2.45, 2.75) is 75.9 Å². The first-order chi connectivity index (χ1) is 9.96. The average molecular weight is 306 g/mol. The summed E-state index contributed by atoms with van der Waals surface area (Å²) in [5.74, 6) is 0. The van der Waals surface area contributed by atoms with Crippen LogP contribution in [0.2, 0.25) is 0 Å². The van der Waals surface area contributed by atoms with Crippen LogP contribution < -0.4 is 0 Å². The van der Waals surface area contributed by atoms with Crippen LogP contribution in [-0.2, 0) is 23.7 Å². The molecule has 2 aliphatic heterocycles. The van der Waals surface area contributed by atoms with Crippen molar-refractivity contribution in [1.82, 2.24) is 0 Å². The summed E-state index contributed by atoms with van der Waals surface area (Å²) in [6, 6.07) is 0. The van der Waals surface area contributed by atoms with Crippen LogP contribution >= 0.6 is 0 Å². The molecule has 8 atom stereocenters. The van der Waals surface area contributed by atoms with Crippen LogP contribution in [0.5, 0.6) is 0 Å². The van der Waals surface area contributed by atoms with Crippen molar-refractivity contribution in [2.75, 3.05) is 14.2 Å². The molecule has 0 aromatic carbocycles. The molecule has 2 rings (SSSR count). The van der Waals surface area contributed by atoms with Gasteiger partial charge in [0.05, 0.1) is 24.4 Å². The van der Waals surface area contributed by atoms with Crippen molar-refractivity contribution < 1.29 is 33.9 Å². The highest BCUT2D eigenvalue weighted by atomic mass is 16.7. The van der Waals surface area contributed by atoms with Crippen LogP contribution in [0.15, 0.2) is 0 Å². The van der Waals surface area contributed by atoms with Gasteiger partial charge in [-0.1, -0.05) is 0 Å². The quantitative estimate of drug-likeness (QED) is 0.757. The summed E-state index contributed by atoms with van der Waals surface area (Å²) in [5.41, 5.74) is 0. The monoisotopic (exact) mass is 306 g/mol. The first-order valence-electron chi connectivity index (χ1n) is 7.34. The molecule has 0 amide bonds. The van der Waals surface area contributed by atoms with Gasteiger partial charge in [0, 0.05) is 27.1 Å². The molecule has 0 saturated carbocycles. The van der Waals surface area contributed by atoms with Crippen molar-refractivity contribution >= 4 is 0 Å². The normalized spacial score (nSPS) is 48.3. The molecular formula is C14H26O7. The van der Waals surface area contributed by atoms with Gasteiger partial charge in [-0.2, -0.15) is 0 Å². The average Bonchev–Trinajstić information content (AvgIpc) is 2.45. The summed E-state index contributed by atoms with van der Waals surface area (Å²) < 4.78 is 27.7. The van der Waals surface area contributed by atoms with E-state index in [9.17, 15) is 10.2 Å². The summed E-state index contributed by atoms with van der Waals surface area (Å²) in [7, 11) is 3.14. The lowest BCUT2D eigenvalue weighted by atomic mass is 10.0. The van der Waals surface area contributed by atoms with E-state index in [1.807, 2.05) is 6.92 Å². The molecular weight excluding hydrogens is 280 g/mol. The Morgan fingerprint density at radius 2 is 1.57 bits per heavy atom. The molecule has 0 spiro atoms. The minimum absolute atomic E-state index is 0.268. The fourth-order valence-electron chi connectivity index (χ4n) is 2.95. The molecule has 21 heavy (non-hydrogen) atoms. The predicted octanol–water partition coefficient (Wildman–Crippen LogP) is 0.0246. The highest BCUT2D eigenvalue weighted by Gasteiger charge is 2.42. The minimum atomic E-state index is -0.843. The van der Waals surface area contributed by atoms with Crippen LogP contribution in [0.1, 0.15) is 26.7 Å². The first-order valence-corrected chi connectivity index (χ1v) is 7.34. The molecule has 7 nitrogen and oxygen atoms in total. The van der Waals surface area contributed by atoms with E-state index in [1.54, 1.807) is 21.1 Å². The molecule has 8 unspecified atom stereocenters. The smallest absolute Gasteiger partial charge is 0.161 e. The summed E-state index contributed by atoms with van der Waals surface area (Å²) in [6.45, 7) is 3.61. The summed E-state index contributed by atoms with van der Waals surface area (Å²) in [5, 5.41) is 19.6. The number of rotatable bonds is 4. The van der Waals surface area contributed by atoms with E-state index < -0.39 is 18.7 Å². The molecule has 0 aliphatic carbocycles. The summed E-state index contributed by atoms with van der Waals surface area (Å²) in [4.78, 5) is 0. The van der Waals surface area contributed by atoms with Gasteiger partial charge in [-0.15, -0.1) is 0 Å². The fraction of sp³-hybridized carbons (Fsp3) is 1.00. The molecule has 0 aromatic heterocycles. The van der Waals surface area contributed by atoms with Gasteiger partial charge >= 0.3 is 0 Å². The van der Waals surface area contributed by atoms with Crippen LogP contribution in [-0.4, -0.2) is 73.6 Å². The predicted molar refractivity (Wildman–Crippen MR) is 72.6 cm³/mol. The van der Waals surface area contributed by atoms with Crippen molar-refractivity contribution in [1.29, 1.82) is 0 Å². The van der Waals surface area contributed by atoms with Gasteiger partial charge in [0.1, 0.15) is 12.2 Å². The third-order valence-electron chi connectivity index (χ3n) is 4.20. The van der Waals surface area contributed by atoms with Crippen molar-refractivity contribution in [3.63, 3.8) is 0 Å². The highest BCUT2D eigenvalue weighted by Crippen LogP contribution is 2.29. The zero-order chi connectivity index (χ0) is 15.6. The lowest BCUT2D eigenvalue weighted by Gasteiger charge is -2.42. The molecule has 0 aromatic rings. The number of methoxy groups -OCH3 is 2. The lowest BCUT2D eigenvalue weighted by molar-refractivity contribution is -0.310. The maximum Gasteiger partial charge on any atom is 0.161 e. The molecule has 2 heterocycles. The molecule has 2 aliphatic rings. The van der Waals surface area contributed by atoms with E-state index in [0.29, 0.717) is 12.8 Å². The third kappa shape index (κ3) is 3.92. The van der Waals surface area contributed by atoms with Gasteiger partial charge in [0.25, 0.3) is 0 Å². The van der Waals surface area contributed by atoms with Crippen LogP contribution in [0.4, 0.5) is 0 Å². The van der Waals surface area contributed by atoms with Gasteiger partial charge in [-0.05, 0) is 13.8 Å². The molecule has 0 radical (unpaired) electrons. The van der Waals surface area contributed by atoms with Gasteiger partial charge < -0.3 is 33.9 Å². The van der Waals surface area contributed by atoms with Gasteiger partial charge in [0.15, 0.2) is 12.6 Å². The second-order valence-corrected chi connectivity index (χ2v) is 5.68. The second-order valence-electron chi connectivity index (χ2n) is 5.68. The van der Waals surface area contributed by atoms with E-state index >= 15 is 0 Å². The molecule has 0 bridgehead atoms. The zero-order valence-corrected chi connectivity index (χ0v) is 13.0. The molecule has 2 saturated heterocycles. The third-order valence-corrected chi connectivity index (χ3v) is 4.20. The Kier molecular flexibility index (Phi) is 5.96. The van der Waals surface area contributed by atoms with Gasteiger partial charge in [-0.25, -0.2) is 0 Å². The van der Waals surface area contributed by atoms with E-state index in [4.69, 9.17) is 23.7 Å².